The lowest BCUT2D eigenvalue weighted by atomic mass is 9.99. The van der Waals surface area contributed by atoms with Crippen LogP contribution in [0.25, 0.3) is 10.8 Å². The van der Waals surface area contributed by atoms with E-state index in [0.717, 1.165) is 41.2 Å². The van der Waals surface area contributed by atoms with Crippen molar-refractivity contribution < 1.29 is 22.7 Å². The highest BCUT2D eigenvalue weighted by atomic mass is 35.5. The van der Waals surface area contributed by atoms with Crippen molar-refractivity contribution in [3.8, 4) is 5.75 Å². The maximum absolute atomic E-state index is 14.2. The number of likely N-dealkylation sites (tertiary alicyclic amines) is 1. The summed E-state index contributed by atoms with van der Waals surface area (Å²) < 4.78 is 36.2. The molecule has 48 heavy (non-hydrogen) atoms. The van der Waals surface area contributed by atoms with E-state index < -0.39 is 28.0 Å². The Hall–Kier alpha value is -4.19. The second-order valence-electron chi connectivity index (χ2n) is 12.2. The van der Waals surface area contributed by atoms with Crippen LogP contribution in [0.4, 0.5) is 5.82 Å². The molecule has 1 unspecified atom stereocenters. The number of hydrogen-bond donors (Lipinski definition) is 3. The summed E-state index contributed by atoms with van der Waals surface area (Å²) >= 11 is 0. The molecule has 0 bridgehead atoms. The van der Waals surface area contributed by atoms with Gasteiger partial charge >= 0.3 is 0 Å². The van der Waals surface area contributed by atoms with Crippen molar-refractivity contribution in [2.24, 2.45) is 0 Å². The Labute approximate surface area is 288 Å². The Morgan fingerprint density at radius 1 is 0.917 bits per heavy atom. The summed E-state index contributed by atoms with van der Waals surface area (Å²) in [5.41, 5.74) is 9.40. The van der Waals surface area contributed by atoms with E-state index in [2.05, 4.69) is 15.0 Å². The van der Waals surface area contributed by atoms with Gasteiger partial charge in [0.15, 0.2) is 0 Å². The van der Waals surface area contributed by atoms with Crippen LogP contribution in [0, 0.1) is 20.8 Å². The van der Waals surface area contributed by atoms with E-state index in [4.69, 9.17) is 10.5 Å². The number of nitrogens with one attached hydrogen (secondary N) is 2. The zero-order valence-corrected chi connectivity index (χ0v) is 29.4. The number of rotatable bonds is 11. The molecule has 5 rings (SSSR count). The van der Waals surface area contributed by atoms with Gasteiger partial charge in [-0.2, -0.15) is 4.72 Å². The molecule has 3 aromatic carbocycles. The van der Waals surface area contributed by atoms with Crippen molar-refractivity contribution in [1.82, 2.24) is 19.9 Å². The number of pyridine rings is 1. The molecule has 2 heterocycles. The van der Waals surface area contributed by atoms with Crippen LogP contribution < -0.4 is 20.5 Å². The number of aromatic nitrogens is 1. The molecule has 0 saturated carbocycles. The van der Waals surface area contributed by atoms with Gasteiger partial charge in [0.2, 0.25) is 21.8 Å². The molecule has 1 aromatic heterocycles. The third kappa shape index (κ3) is 8.26. The number of carbonyl (C=O) groups is 2. The summed E-state index contributed by atoms with van der Waals surface area (Å²) in [4.78, 5) is 34.2. The maximum Gasteiger partial charge on any atom is 0.245 e. The average Bonchev–Trinajstić information content (AvgIpc) is 3.06. The topological polar surface area (TPSA) is 144 Å². The molecular weight excluding hydrogens is 650 g/mol. The molecule has 4 N–H and O–H groups in total. The number of aryl methyl sites for hydroxylation is 1. The highest BCUT2D eigenvalue weighted by Crippen LogP contribution is 2.31. The number of fused-ring (bicyclic) bond motifs is 1. The summed E-state index contributed by atoms with van der Waals surface area (Å²) in [7, 11) is -2.64. The Kier molecular flexibility index (Phi) is 12.1. The number of anilines is 1. The fraction of sp³-hybridized carbons (Fsp3) is 0.361. The molecule has 1 aliphatic heterocycles. The van der Waals surface area contributed by atoms with Crippen LogP contribution in [-0.2, 0) is 32.5 Å². The first-order valence-electron chi connectivity index (χ1n) is 15.9. The predicted molar refractivity (Wildman–Crippen MR) is 191 cm³/mol. The van der Waals surface area contributed by atoms with Crippen LogP contribution in [0.15, 0.2) is 71.8 Å². The SMILES string of the molecule is COc1cc(C)c(S(=O)(=O)N[C@@H](Cc2ccccc2)C(=O)NC(Cc2ccc3c(N)nccc3c2)C(=O)N2CCCCC2)c(C)c1C.Cl. The normalized spacial score (nSPS) is 14.5. The number of sulfonamides is 1. The van der Waals surface area contributed by atoms with Crippen molar-refractivity contribution in [1.29, 1.82) is 0 Å². The second kappa shape index (κ2) is 15.8. The molecule has 1 aliphatic rings. The largest absolute Gasteiger partial charge is 0.496 e. The minimum absolute atomic E-state index is 0. The van der Waals surface area contributed by atoms with Crippen LogP contribution in [0.2, 0.25) is 0 Å². The van der Waals surface area contributed by atoms with Gasteiger partial charge in [-0.05, 0) is 91.8 Å². The van der Waals surface area contributed by atoms with Gasteiger partial charge in [0.1, 0.15) is 23.7 Å². The third-order valence-corrected chi connectivity index (χ3v) is 10.7. The molecule has 0 radical (unpaired) electrons. The van der Waals surface area contributed by atoms with Crippen molar-refractivity contribution in [2.45, 2.75) is 69.9 Å². The number of nitrogens with two attached hydrogens (primary N) is 1. The Morgan fingerprint density at radius 2 is 1.60 bits per heavy atom. The van der Waals surface area contributed by atoms with Crippen LogP contribution in [-0.4, -0.2) is 62.4 Å². The van der Waals surface area contributed by atoms with Gasteiger partial charge in [0.25, 0.3) is 0 Å². The van der Waals surface area contributed by atoms with Crippen molar-refractivity contribution in [3.05, 3.63) is 94.7 Å². The zero-order valence-electron chi connectivity index (χ0n) is 27.8. The number of carbonyl (C=O) groups excluding carboxylic acids is 2. The molecule has 4 aromatic rings. The standard InChI is InChI=1S/C36H43N5O5S.ClH/c1-23-19-32(46-4)24(2)25(3)33(23)47(44,45)40-30(21-26-11-7-5-8-12-26)35(42)39-31(36(43)41-17-9-6-10-18-41)22-27-13-14-29-28(20-27)15-16-38-34(29)37;/h5,7-8,11-16,19-20,30-31,40H,6,9-10,17-18,21-22H2,1-4H3,(H2,37,38)(H,39,42);1H/t30-,31?;/m0./s1. The van der Waals surface area contributed by atoms with Gasteiger partial charge in [-0.25, -0.2) is 13.4 Å². The summed E-state index contributed by atoms with van der Waals surface area (Å²) in [6.45, 7) is 6.46. The fourth-order valence-corrected chi connectivity index (χ4v) is 8.07. The van der Waals surface area contributed by atoms with E-state index >= 15 is 0 Å². The van der Waals surface area contributed by atoms with Crippen molar-refractivity contribution >= 4 is 50.8 Å². The molecule has 2 atom stereocenters. The van der Waals surface area contributed by atoms with E-state index in [0.29, 0.717) is 41.3 Å². The van der Waals surface area contributed by atoms with Crippen LogP contribution >= 0.6 is 12.4 Å². The Morgan fingerprint density at radius 3 is 2.29 bits per heavy atom. The first kappa shape index (κ1) is 36.6. The van der Waals surface area contributed by atoms with Gasteiger partial charge in [0, 0.05) is 31.1 Å². The zero-order chi connectivity index (χ0) is 33.7. The first-order chi connectivity index (χ1) is 22.5. The Bertz CT molecular complexity index is 1880. The van der Waals surface area contributed by atoms with Crippen molar-refractivity contribution in [2.75, 3.05) is 25.9 Å². The minimum atomic E-state index is -4.18. The highest BCUT2D eigenvalue weighted by molar-refractivity contribution is 7.89. The summed E-state index contributed by atoms with van der Waals surface area (Å²) in [6, 6.07) is 16.3. The molecule has 256 valence electrons. The van der Waals surface area contributed by atoms with E-state index in [9.17, 15) is 18.0 Å². The lowest BCUT2D eigenvalue weighted by Crippen LogP contribution is -2.56. The van der Waals surface area contributed by atoms with Crippen molar-refractivity contribution in [3.63, 3.8) is 0 Å². The molecule has 1 saturated heterocycles. The van der Waals surface area contributed by atoms with E-state index in [1.807, 2.05) is 54.6 Å². The maximum atomic E-state index is 14.2. The number of amides is 2. The molecule has 0 aliphatic carbocycles. The predicted octanol–water partition coefficient (Wildman–Crippen LogP) is 4.80. The van der Waals surface area contributed by atoms with Gasteiger partial charge in [-0.1, -0.05) is 48.5 Å². The Balaban J connectivity index is 0.00000520. The number of piperidine rings is 1. The number of halogens is 1. The molecule has 2 amide bonds. The van der Waals surface area contributed by atoms with Gasteiger partial charge in [-0.15, -0.1) is 12.4 Å². The number of methoxy groups -OCH3 is 1. The monoisotopic (exact) mass is 693 g/mol. The van der Waals surface area contributed by atoms with Gasteiger partial charge in [0.05, 0.1) is 12.0 Å². The number of benzene rings is 3. The first-order valence-corrected chi connectivity index (χ1v) is 17.4. The number of ether oxygens (including phenoxy) is 1. The van der Waals surface area contributed by atoms with Gasteiger partial charge in [-0.3, -0.25) is 9.59 Å². The number of hydrogen-bond acceptors (Lipinski definition) is 7. The van der Waals surface area contributed by atoms with E-state index in [1.54, 1.807) is 45.0 Å². The number of nitrogens with zero attached hydrogens (tertiary/aromatic N) is 2. The molecular formula is C36H44ClN5O5S. The third-order valence-electron chi connectivity index (χ3n) is 8.95. The number of nitrogen functional groups attached to an aromatic ring is 1. The van der Waals surface area contributed by atoms with Crippen LogP contribution in [0.5, 0.6) is 5.75 Å². The van der Waals surface area contributed by atoms with Crippen LogP contribution in [0.1, 0.15) is 47.1 Å². The fourth-order valence-electron chi connectivity index (χ4n) is 6.35. The van der Waals surface area contributed by atoms with Crippen LogP contribution in [0.3, 0.4) is 0 Å². The second-order valence-corrected chi connectivity index (χ2v) is 13.9. The molecule has 0 spiro atoms. The minimum Gasteiger partial charge on any atom is -0.496 e. The summed E-state index contributed by atoms with van der Waals surface area (Å²) in [6.07, 6.45) is 4.78. The summed E-state index contributed by atoms with van der Waals surface area (Å²) in [5, 5.41) is 4.64. The summed E-state index contributed by atoms with van der Waals surface area (Å²) in [5.74, 6) is 0.231. The quantitative estimate of drug-likeness (QED) is 0.205. The lowest BCUT2D eigenvalue weighted by molar-refractivity contribution is -0.137. The average molecular weight is 694 g/mol. The molecule has 12 heteroatoms. The van der Waals surface area contributed by atoms with E-state index in [-0.39, 0.29) is 36.1 Å². The van der Waals surface area contributed by atoms with E-state index in [1.165, 1.54) is 0 Å². The van der Waals surface area contributed by atoms with Gasteiger partial charge < -0.3 is 20.7 Å². The smallest absolute Gasteiger partial charge is 0.245 e. The highest BCUT2D eigenvalue weighted by Gasteiger charge is 2.33. The lowest BCUT2D eigenvalue weighted by Gasteiger charge is -2.31. The molecule has 1 fully saturated rings. The molecule has 10 nitrogen and oxygen atoms in total.